The van der Waals surface area contributed by atoms with Crippen molar-refractivity contribution in [2.45, 2.75) is 38.9 Å². The third-order valence-corrected chi connectivity index (χ3v) is 1.33. The molecule has 0 N–H and O–H groups in total. The summed E-state index contributed by atoms with van der Waals surface area (Å²) < 4.78 is 5.69. The first-order chi connectivity index (χ1) is 4.91. The van der Waals surface area contributed by atoms with Gasteiger partial charge in [0.1, 0.15) is 11.2 Å². The Labute approximate surface area is 67.2 Å². The molecule has 62 valence electrons. The van der Waals surface area contributed by atoms with Crippen LogP contribution in [0.3, 0.4) is 0 Å². The van der Waals surface area contributed by atoms with Gasteiger partial charge in [0.2, 0.25) is 0 Å². The van der Waals surface area contributed by atoms with Gasteiger partial charge in [0, 0.05) is 0 Å². The van der Waals surface area contributed by atoms with E-state index < -0.39 is 0 Å². The van der Waals surface area contributed by atoms with Crippen LogP contribution in [0.2, 0.25) is 0 Å². The van der Waals surface area contributed by atoms with Gasteiger partial charge in [-0.2, -0.15) is 10.2 Å². The van der Waals surface area contributed by atoms with Crippen molar-refractivity contribution in [1.82, 2.24) is 0 Å². The second-order valence-electron chi connectivity index (χ2n) is 3.80. The van der Waals surface area contributed by atoms with Crippen LogP contribution in [-0.4, -0.2) is 23.6 Å². The summed E-state index contributed by atoms with van der Waals surface area (Å²) in [5.74, 6) is 0. The fourth-order valence-electron chi connectivity index (χ4n) is 1.08. The Morgan fingerprint density at radius 2 is 1.27 bits per heavy atom. The van der Waals surface area contributed by atoms with Gasteiger partial charge in [-0.3, -0.25) is 0 Å². The molecule has 0 aromatic heterocycles. The Morgan fingerprint density at radius 1 is 0.909 bits per heavy atom. The number of nitrogens with zero attached hydrogens (tertiary/aromatic N) is 2. The largest absolute Gasteiger partial charge is 0.358 e. The predicted molar refractivity (Wildman–Crippen MR) is 46.2 cm³/mol. The van der Waals surface area contributed by atoms with Crippen molar-refractivity contribution in [2.75, 3.05) is 0 Å². The van der Waals surface area contributed by atoms with Crippen LogP contribution in [-0.2, 0) is 4.74 Å². The minimum absolute atomic E-state index is 0.319. The van der Waals surface area contributed by atoms with Gasteiger partial charge in [0.25, 0.3) is 0 Å². The highest BCUT2D eigenvalue weighted by atomic mass is 16.5. The van der Waals surface area contributed by atoms with Crippen LogP contribution in [0.15, 0.2) is 10.2 Å². The molecule has 0 saturated carbocycles. The number of hydrogen-bond acceptors (Lipinski definition) is 3. The molecule has 11 heavy (non-hydrogen) atoms. The predicted octanol–water partition coefficient (Wildman–Crippen LogP) is 1.63. The van der Waals surface area contributed by atoms with E-state index in [2.05, 4.69) is 10.2 Å². The second-order valence-corrected chi connectivity index (χ2v) is 3.80. The molecule has 0 radical (unpaired) electrons. The number of rotatable bonds is 0. The van der Waals surface area contributed by atoms with Crippen molar-refractivity contribution in [2.24, 2.45) is 10.2 Å². The van der Waals surface area contributed by atoms with Gasteiger partial charge in [0.05, 0.1) is 12.4 Å². The highest BCUT2D eigenvalue weighted by molar-refractivity contribution is 5.74. The first-order valence-electron chi connectivity index (χ1n) is 3.70. The highest BCUT2D eigenvalue weighted by Gasteiger charge is 2.27. The van der Waals surface area contributed by atoms with Crippen LogP contribution in [0.1, 0.15) is 27.7 Å². The van der Waals surface area contributed by atoms with Gasteiger partial charge in [-0.05, 0) is 27.7 Å². The van der Waals surface area contributed by atoms with Crippen molar-refractivity contribution >= 4 is 12.4 Å². The van der Waals surface area contributed by atoms with E-state index in [1.165, 1.54) is 0 Å². The molecule has 0 unspecified atom stereocenters. The zero-order valence-corrected chi connectivity index (χ0v) is 7.46. The van der Waals surface area contributed by atoms with Crippen LogP contribution in [0, 0.1) is 0 Å². The molecule has 0 fully saturated rings. The average Bonchev–Trinajstić information content (AvgIpc) is 1.86. The van der Waals surface area contributed by atoms with Crippen LogP contribution in [0.25, 0.3) is 0 Å². The summed E-state index contributed by atoms with van der Waals surface area (Å²) in [4.78, 5) is 0. The standard InChI is InChI=1S/C8H14N2O/c1-7(2)5-9-10-6-8(3,4)11-7/h5-6H,1-4H3. The maximum Gasteiger partial charge on any atom is 0.101 e. The van der Waals surface area contributed by atoms with E-state index in [-0.39, 0.29) is 11.2 Å². The van der Waals surface area contributed by atoms with Crippen molar-refractivity contribution < 1.29 is 4.74 Å². The summed E-state index contributed by atoms with van der Waals surface area (Å²) >= 11 is 0. The molecule has 3 heteroatoms. The Kier molecular flexibility index (Phi) is 1.84. The Hall–Kier alpha value is -0.700. The van der Waals surface area contributed by atoms with Gasteiger partial charge in [-0.1, -0.05) is 0 Å². The fourth-order valence-corrected chi connectivity index (χ4v) is 1.08. The van der Waals surface area contributed by atoms with E-state index >= 15 is 0 Å². The second kappa shape index (κ2) is 2.41. The SMILES string of the molecule is CC1(C)C=NN=CC(C)(C)O1. The van der Waals surface area contributed by atoms with E-state index in [9.17, 15) is 0 Å². The topological polar surface area (TPSA) is 34.0 Å². The van der Waals surface area contributed by atoms with E-state index in [4.69, 9.17) is 4.74 Å². The molecule has 0 aromatic rings. The average molecular weight is 154 g/mol. The molecule has 3 nitrogen and oxygen atoms in total. The van der Waals surface area contributed by atoms with E-state index in [1.807, 2.05) is 27.7 Å². The zero-order chi connectivity index (χ0) is 8.54. The summed E-state index contributed by atoms with van der Waals surface area (Å²) in [5.41, 5.74) is -0.639. The summed E-state index contributed by atoms with van der Waals surface area (Å²) in [6, 6.07) is 0. The minimum atomic E-state index is -0.319. The van der Waals surface area contributed by atoms with Gasteiger partial charge in [0.15, 0.2) is 0 Å². The lowest BCUT2D eigenvalue weighted by Crippen LogP contribution is -2.37. The molecule has 1 aliphatic heterocycles. The maximum atomic E-state index is 5.69. The van der Waals surface area contributed by atoms with E-state index in [0.717, 1.165) is 0 Å². The molecule has 1 rings (SSSR count). The van der Waals surface area contributed by atoms with Gasteiger partial charge < -0.3 is 4.74 Å². The molecule has 0 aliphatic carbocycles. The number of ether oxygens (including phenoxy) is 1. The quantitative estimate of drug-likeness (QED) is 0.522. The maximum absolute atomic E-state index is 5.69. The molecule has 0 saturated heterocycles. The molecule has 0 atom stereocenters. The molecule has 1 aliphatic rings. The van der Waals surface area contributed by atoms with Crippen molar-refractivity contribution in [3.63, 3.8) is 0 Å². The molecular formula is C8H14N2O. The van der Waals surface area contributed by atoms with Crippen LogP contribution in [0.5, 0.6) is 0 Å². The molecule has 0 aromatic carbocycles. The van der Waals surface area contributed by atoms with Gasteiger partial charge >= 0.3 is 0 Å². The van der Waals surface area contributed by atoms with E-state index in [1.54, 1.807) is 12.4 Å². The fraction of sp³-hybridized carbons (Fsp3) is 0.750. The summed E-state index contributed by atoms with van der Waals surface area (Å²) in [6.45, 7) is 7.86. The molecule has 0 spiro atoms. The normalized spacial score (nSPS) is 26.5. The Balaban J connectivity index is 2.83. The van der Waals surface area contributed by atoms with Crippen LogP contribution >= 0.6 is 0 Å². The summed E-state index contributed by atoms with van der Waals surface area (Å²) in [5, 5.41) is 7.68. The van der Waals surface area contributed by atoms with Crippen molar-refractivity contribution in [3.8, 4) is 0 Å². The lowest BCUT2D eigenvalue weighted by atomic mass is 10.1. The first-order valence-corrected chi connectivity index (χ1v) is 3.70. The molecule has 1 heterocycles. The summed E-state index contributed by atoms with van der Waals surface area (Å²) in [7, 11) is 0. The molecular weight excluding hydrogens is 140 g/mol. The van der Waals surface area contributed by atoms with Gasteiger partial charge in [-0.15, -0.1) is 0 Å². The van der Waals surface area contributed by atoms with Crippen LogP contribution < -0.4 is 0 Å². The Bertz CT molecular complexity index is 182. The van der Waals surface area contributed by atoms with Crippen LogP contribution in [0.4, 0.5) is 0 Å². The van der Waals surface area contributed by atoms with Crippen molar-refractivity contribution in [1.29, 1.82) is 0 Å². The number of hydrogen-bond donors (Lipinski definition) is 0. The van der Waals surface area contributed by atoms with Gasteiger partial charge in [-0.25, -0.2) is 0 Å². The summed E-state index contributed by atoms with van der Waals surface area (Å²) in [6.07, 6.45) is 3.41. The molecule has 0 amide bonds. The molecule has 0 bridgehead atoms. The third kappa shape index (κ3) is 2.42. The van der Waals surface area contributed by atoms with E-state index in [0.29, 0.717) is 0 Å². The minimum Gasteiger partial charge on any atom is -0.358 e. The highest BCUT2D eigenvalue weighted by Crippen LogP contribution is 2.19. The lowest BCUT2D eigenvalue weighted by Gasteiger charge is -2.28. The monoisotopic (exact) mass is 154 g/mol. The smallest absolute Gasteiger partial charge is 0.101 e. The third-order valence-electron chi connectivity index (χ3n) is 1.33. The lowest BCUT2D eigenvalue weighted by molar-refractivity contribution is -0.0377. The zero-order valence-electron chi connectivity index (χ0n) is 7.46. The van der Waals surface area contributed by atoms with Crippen molar-refractivity contribution in [3.05, 3.63) is 0 Å². The first kappa shape index (κ1) is 8.40. The Morgan fingerprint density at radius 3 is 1.64 bits per heavy atom.